The maximum Gasteiger partial charge on any atom is 0.341 e. The van der Waals surface area contributed by atoms with Crippen molar-refractivity contribution in [2.24, 2.45) is 0 Å². The van der Waals surface area contributed by atoms with Gasteiger partial charge in [0.1, 0.15) is 17.1 Å². The topological polar surface area (TPSA) is 68.5 Å². The van der Waals surface area contributed by atoms with Crippen LogP contribution in [0.25, 0.3) is 0 Å². The molecule has 1 N–H and O–H groups in total. The maximum absolute atomic E-state index is 12.1. The van der Waals surface area contributed by atoms with E-state index in [2.05, 4.69) is 36.5 Å². The Labute approximate surface area is 158 Å². The van der Waals surface area contributed by atoms with E-state index in [-0.39, 0.29) is 11.9 Å². The number of hydrogen-bond donors (Lipinski definition) is 1. The fraction of sp³-hybridized carbons (Fsp3) is 0.400. The van der Waals surface area contributed by atoms with Gasteiger partial charge in [0.25, 0.3) is 0 Å². The van der Waals surface area contributed by atoms with Gasteiger partial charge in [-0.1, -0.05) is 31.2 Å². The van der Waals surface area contributed by atoms with Gasteiger partial charge in [-0.3, -0.25) is 4.79 Å². The fourth-order valence-electron chi connectivity index (χ4n) is 2.58. The monoisotopic (exact) mass is 375 g/mol. The average molecular weight is 375 g/mol. The Morgan fingerprint density at radius 2 is 1.96 bits per heavy atom. The van der Waals surface area contributed by atoms with Crippen LogP contribution in [0, 0.1) is 6.92 Å². The second kappa shape index (κ2) is 9.48. The zero-order valence-corrected chi connectivity index (χ0v) is 16.4. The van der Waals surface area contributed by atoms with Crippen LogP contribution in [0.15, 0.2) is 34.7 Å². The molecule has 26 heavy (non-hydrogen) atoms. The van der Waals surface area contributed by atoms with E-state index in [1.807, 2.05) is 6.92 Å². The molecule has 1 atom stereocenters. The first-order valence-electron chi connectivity index (χ1n) is 8.58. The van der Waals surface area contributed by atoms with Crippen LogP contribution in [0.2, 0.25) is 0 Å². The van der Waals surface area contributed by atoms with E-state index in [4.69, 9.17) is 9.15 Å². The summed E-state index contributed by atoms with van der Waals surface area (Å²) in [6.07, 6.45) is 1.00. The van der Waals surface area contributed by atoms with Gasteiger partial charge in [0.15, 0.2) is 0 Å². The van der Waals surface area contributed by atoms with Crippen molar-refractivity contribution in [3.8, 4) is 0 Å². The van der Waals surface area contributed by atoms with Gasteiger partial charge in [0.05, 0.1) is 24.7 Å². The minimum absolute atomic E-state index is 0.0291. The first-order valence-corrected chi connectivity index (χ1v) is 9.73. The number of carbonyl (C=O) groups excluding carboxylic acids is 2. The van der Waals surface area contributed by atoms with Crippen molar-refractivity contribution in [1.82, 2.24) is 5.32 Å². The number of furan rings is 1. The minimum Gasteiger partial charge on any atom is -0.465 e. The molecule has 0 aliphatic carbocycles. The first-order chi connectivity index (χ1) is 12.4. The molecule has 0 saturated carbocycles. The number of benzene rings is 1. The highest BCUT2D eigenvalue weighted by Crippen LogP contribution is 2.20. The number of aryl methyl sites for hydroxylation is 2. The molecule has 0 saturated heterocycles. The van der Waals surface area contributed by atoms with Crippen LogP contribution in [0.1, 0.15) is 52.9 Å². The lowest BCUT2D eigenvalue weighted by atomic mass is 10.1. The second-order valence-corrected chi connectivity index (χ2v) is 7.04. The van der Waals surface area contributed by atoms with Crippen molar-refractivity contribution >= 4 is 23.6 Å². The van der Waals surface area contributed by atoms with Crippen LogP contribution >= 0.6 is 11.8 Å². The molecular formula is C20H25NO4S. The van der Waals surface area contributed by atoms with Crippen LogP contribution < -0.4 is 5.32 Å². The Kier molecular flexibility index (Phi) is 7.33. The third kappa shape index (κ3) is 5.39. The van der Waals surface area contributed by atoms with E-state index >= 15 is 0 Å². The van der Waals surface area contributed by atoms with Crippen molar-refractivity contribution in [2.75, 3.05) is 12.9 Å². The molecule has 140 valence electrons. The molecule has 0 aliphatic heterocycles. The van der Waals surface area contributed by atoms with Gasteiger partial charge >= 0.3 is 5.97 Å². The minimum atomic E-state index is -0.414. The predicted octanol–water partition coefficient (Wildman–Crippen LogP) is 4.05. The Morgan fingerprint density at radius 3 is 2.58 bits per heavy atom. The molecule has 2 aromatic rings. The summed E-state index contributed by atoms with van der Waals surface area (Å²) in [5, 5.41) is 3.00. The summed E-state index contributed by atoms with van der Waals surface area (Å²) in [5.41, 5.74) is 2.80. The molecule has 0 radical (unpaired) electrons. The van der Waals surface area contributed by atoms with Gasteiger partial charge in [0, 0.05) is 0 Å². The van der Waals surface area contributed by atoms with E-state index in [0.717, 1.165) is 12.0 Å². The number of hydrogen-bond acceptors (Lipinski definition) is 5. The third-order valence-corrected chi connectivity index (χ3v) is 5.07. The van der Waals surface area contributed by atoms with Crippen molar-refractivity contribution in [1.29, 1.82) is 0 Å². The lowest BCUT2D eigenvalue weighted by molar-refractivity contribution is -0.119. The molecule has 0 bridgehead atoms. The van der Waals surface area contributed by atoms with Gasteiger partial charge in [-0.05, 0) is 37.5 Å². The number of nitrogens with one attached hydrogen (secondary N) is 1. The highest BCUT2D eigenvalue weighted by molar-refractivity contribution is 7.99. The number of esters is 1. The van der Waals surface area contributed by atoms with E-state index in [1.165, 1.54) is 24.4 Å². The molecule has 6 heteroatoms. The van der Waals surface area contributed by atoms with Crippen molar-refractivity contribution in [3.63, 3.8) is 0 Å². The van der Waals surface area contributed by atoms with Gasteiger partial charge in [-0.15, -0.1) is 11.8 Å². The number of methoxy groups -OCH3 is 1. The number of rotatable bonds is 8. The fourth-order valence-corrected chi connectivity index (χ4v) is 3.29. The Morgan fingerprint density at radius 1 is 1.27 bits per heavy atom. The highest BCUT2D eigenvalue weighted by atomic mass is 32.2. The van der Waals surface area contributed by atoms with Crippen molar-refractivity contribution in [3.05, 3.63) is 58.5 Å². The largest absolute Gasteiger partial charge is 0.465 e. The van der Waals surface area contributed by atoms with Crippen LogP contribution in [0.5, 0.6) is 0 Å². The van der Waals surface area contributed by atoms with Crippen molar-refractivity contribution < 1.29 is 18.7 Å². The molecular weight excluding hydrogens is 350 g/mol. The van der Waals surface area contributed by atoms with Gasteiger partial charge in [-0.25, -0.2) is 4.79 Å². The molecule has 0 aliphatic rings. The summed E-state index contributed by atoms with van der Waals surface area (Å²) in [6.45, 7) is 5.81. The summed E-state index contributed by atoms with van der Waals surface area (Å²) in [7, 11) is 1.34. The molecule has 0 fully saturated rings. The van der Waals surface area contributed by atoms with Crippen LogP contribution in [0.3, 0.4) is 0 Å². The molecule has 0 spiro atoms. The Bertz CT molecular complexity index is 752. The number of ether oxygens (including phenoxy) is 1. The second-order valence-electron chi connectivity index (χ2n) is 6.05. The highest BCUT2D eigenvalue weighted by Gasteiger charge is 2.16. The molecule has 1 unspecified atom stereocenters. The first kappa shape index (κ1) is 20.1. The SMILES string of the molecule is CCc1ccc(C(C)NC(=O)CSCc2cc(C(=O)OC)c(C)o2)cc1. The summed E-state index contributed by atoms with van der Waals surface area (Å²) in [6, 6.07) is 9.92. The van der Waals surface area contributed by atoms with Crippen molar-refractivity contribution in [2.45, 2.75) is 39.0 Å². The average Bonchev–Trinajstić information content (AvgIpc) is 3.01. The Hall–Kier alpha value is -2.21. The van der Waals surface area contributed by atoms with E-state index in [1.54, 1.807) is 13.0 Å². The lowest BCUT2D eigenvalue weighted by Gasteiger charge is -2.14. The van der Waals surface area contributed by atoms with E-state index in [0.29, 0.717) is 28.6 Å². The molecule has 2 rings (SSSR count). The smallest absolute Gasteiger partial charge is 0.341 e. The van der Waals surface area contributed by atoms with Crippen LogP contribution in [0.4, 0.5) is 0 Å². The van der Waals surface area contributed by atoms with Gasteiger partial charge in [-0.2, -0.15) is 0 Å². The number of amides is 1. The summed E-state index contributed by atoms with van der Waals surface area (Å²) in [4.78, 5) is 23.7. The van der Waals surface area contributed by atoms with Crippen LogP contribution in [-0.4, -0.2) is 24.7 Å². The molecule has 1 aromatic carbocycles. The maximum atomic E-state index is 12.1. The summed E-state index contributed by atoms with van der Waals surface area (Å²) in [5.74, 6) is 1.59. The molecule has 1 heterocycles. The number of thioether (sulfide) groups is 1. The van der Waals surface area contributed by atoms with Gasteiger partial charge < -0.3 is 14.5 Å². The standard InChI is InChI=1S/C20H25NO4S/c1-5-15-6-8-16(9-7-15)13(2)21-19(22)12-26-11-17-10-18(14(3)25-17)20(23)24-4/h6-10,13H,5,11-12H2,1-4H3,(H,21,22). The Balaban J connectivity index is 1.80. The predicted molar refractivity (Wildman–Crippen MR) is 103 cm³/mol. The van der Waals surface area contributed by atoms with Crippen LogP contribution in [-0.2, 0) is 21.7 Å². The zero-order valence-electron chi connectivity index (χ0n) is 15.6. The quantitative estimate of drug-likeness (QED) is 0.705. The molecule has 1 amide bonds. The van der Waals surface area contributed by atoms with Gasteiger partial charge in [0.2, 0.25) is 5.91 Å². The van der Waals surface area contributed by atoms with E-state index in [9.17, 15) is 9.59 Å². The normalized spacial score (nSPS) is 11.8. The summed E-state index contributed by atoms with van der Waals surface area (Å²) >= 11 is 1.44. The lowest BCUT2D eigenvalue weighted by Crippen LogP contribution is -2.28. The zero-order chi connectivity index (χ0) is 19.1. The summed E-state index contributed by atoms with van der Waals surface area (Å²) < 4.78 is 10.2. The molecule has 5 nitrogen and oxygen atoms in total. The van der Waals surface area contributed by atoms with E-state index < -0.39 is 5.97 Å². The molecule has 1 aromatic heterocycles. The number of carbonyl (C=O) groups is 2. The third-order valence-electron chi connectivity index (χ3n) is 4.12.